The van der Waals surface area contributed by atoms with Gasteiger partial charge in [-0.05, 0) is 38.7 Å². The number of likely N-dealkylation sites (tertiary alicyclic amines) is 2. The van der Waals surface area contributed by atoms with Crippen LogP contribution in [0.3, 0.4) is 0 Å². The fourth-order valence-corrected chi connectivity index (χ4v) is 7.28. The number of thiazole rings is 2. The van der Waals surface area contributed by atoms with Gasteiger partial charge in [-0.3, -0.25) is 19.3 Å². The van der Waals surface area contributed by atoms with Gasteiger partial charge in [0.1, 0.15) is 0 Å². The third-order valence-corrected chi connectivity index (χ3v) is 9.80. The van der Waals surface area contributed by atoms with Crippen molar-refractivity contribution < 1.29 is 14.4 Å². The molecule has 4 heterocycles. The van der Waals surface area contributed by atoms with Gasteiger partial charge in [-0.1, -0.05) is 22.7 Å². The van der Waals surface area contributed by atoms with Crippen LogP contribution in [0.1, 0.15) is 31.2 Å². The Morgan fingerprint density at radius 3 is 2.05 bits per heavy atom. The van der Waals surface area contributed by atoms with Crippen molar-refractivity contribution in [3.8, 4) is 0 Å². The quantitative estimate of drug-likeness (QED) is 0.394. The summed E-state index contributed by atoms with van der Waals surface area (Å²) >= 11 is 3.07. The lowest BCUT2D eigenvalue weighted by atomic mass is 10.0. The molecule has 0 bridgehead atoms. The van der Waals surface area contributed by atoms with Gasteiger partial charge in [0.25, 0.3) is 0 Å². The Morgan fingerprint density at radius 1 is 0.900 bits per heavy atom. The minimum absolute atomic E-state index is 0.0284. The zero-order valence-electron chi connectivity index (χ0n) is 23.7. The van der Waals surface area contributed by atoms with E-state index in [0.29, 0.717) is 11.7 Å². The van der Waals surface area contributed by atoms with Crippen molar-refractivity contribution in [2.75, 3.05) is 77.6 Å². The van der Waals surface area contributed by atoms with Crippen LogP contribution in [0.2, 0.25) is 0 Å². The van der Waals surface area contributed by atoms with Gasteiger partial charge in [-0.2, -0.15) is 0 Å². The number of nitrogens with one attached hydrogen (secondary N) is 2. The van der Waals surface area contributed by atoms with E-state index in [1.807, 2.05) is 23.8 Å². The van der Waals surface area contributed by atoms with Gasteiger partial charge in [0.15, 0.2) is 10.3 Å². The van der Waals surface area contributed by atoms with E-state index in [2.05, 4.69) is 21.6 Å². The maximum atomic E-state index is 13.0. The third kappa shape index (κ3) is 6.31. The molecule has 2 fully saturated rings. The lowest BCUT2D eigenvalue weighted by molar-refractivity contribution is -0.133. The summed E-state index contributed by atoms with van der Waals surface area (Å²) in [5, 5.41) is 7.89. The van der Waals surface area contributed by atoms with E-state index in [-0.39, 0.29) is 36.9 Å². The summed E-state index contributed by atoms with van der Waals surface area (Å²) < 4.78 is 2.09. The van der Waals surface area contributed by atoms with Crippen molar-refractivity contribution in [1.82, 2.24) is 29.6 Å². The summed E-state index contributed by atoms with van der Waals surface area (Å²) in [6, 6.07) is 2.26. The second kappa shape index (κ2) is 12.2. The number of anilines is 2. The molecule has 0 aliphatic carbocycles. The molecule has 0 atom stereocenters. The predicted octanol–water partition coefficient (Wildman–Crippen LogP) is 2.67. The molecule has 11 nitrogen and oxygen atoms in total. The summed E-state index contributed by atoms with van der Waals surface area (Å²) in [6.07, 6.45) is 3.88. The summed E-state index contributed by atoms with van der Waals surface area (Å²) in [5.41, 5.74) is 2.76. The Labute approximate surface area is 242 Å². The summed E-state index contributed by atoms with van der Waals surface area (Å²) in [5.74, 6) is 0.255. The van der Waals surface area contributed by atoms with Gasteiger partial charge in [0.2, 0.25) is 17.7 Å². The average molecular weight is 587 g/mol. The number of likely N-dealkylation sites (N-methyl/N-ethyl adjacent to an activating group) is 2. The van der Waals surface area contributed by atoms with Gasteiger partial charge in [-0.15, -0.1) is 0 Å². The van der Waals surface area contributed by atoms with E-state index >= 15 is 0 Å². The van der Waals surface area contributed by atoms with Crippen molar-refractivity contribution in [2.24, 2.45) is 0 Å². The number of benzene rings is 1. The fourth-order valence-electron chi connectivity index (χ4n) is 5.29. The standard InChI is InChI=1S/C27H38N8O3S2/c1-17-24-19(13-20-25(17)31-27(40-20)29-15-22(37)35-9-5-6-10-35)39-26(30-24)28-14-21(36)33(4)18-7-11-34(12-8-18)16-23(38)32(2)3/h13,18H,5-12,14-16H2,1-4H3,(H,28,30)(H,29,31). The summed E-state index contributed by atoms with van der Waals surface area (Å²) in [4.78, 5) is 54.3. The Bertz CT molecular complexity index is 1390. The van der Waals surface area contributed by atoms with Crippen molar-refractivity contribution in [1.29, 1.82) is 0 Å². The first-order valence-electron chi connectivity index (χ1n) is 13.8. The monoisotopic (exact) mass is 586 g/mol. The highest BCUT2D eigenvalue weighted by atomic mass is 32.1. The molecule has 2 aliphatic heterocycles. The molecule has 13 heteroatoms. The first kappa shape index (κ1) is 28.5. The van der Waals surface area contributed by atoms with Crippen molar-refractivity contribution in [3.05, 3.63) is 11.6 Å². The maximum absolute atomic E-state index is 13.0. The van der Waals surface area contributed by atoms with Gasteiger partial charge >= 0.3 is 0 Å². The van der Waals surface area contributed by atoms with E-state index in [9.17, 15) is 14.4 Å². The van der Waals surface area contributed by atoms with Crippen LogP contribution in [0.5, 0.6) is 0 Å². The van der Waals surface area contributed by atoms with Crippen LogP contribution < -0.4 is 10.6 Å². The molecule has 2 saturated heterocycles. The number of aromatic nitrogens is 2. The SMILES string of the molecule is Cc1c2nc(NCC(=O)N3CCCC3)sc2cc2sc(NCC(=O)N(C)C3CCN(CC(=O)N(C)C)CC3)nc12. The molecule has 0 unspecified atom stereocenters. The van der Waals surface area contributed by atoms with Crippen LogP contribution in [-0.2, 0) is 14.4 Å². The molecule has 2 aromatic heterocycles. The summed E-state index contributed by atoms with van der Waals surface area (Å²) in [7, 11) is 5.41. The van der Waals surface area contributed by atoms with Crippen molar-refractivity contribution in [2.45, 2.75) is 38.6 Å². The lowest BCUT2D eigenvalue weighted by Gasteiger charge is -2.36. The molecule has 2 N–H and O–H groups in total. The lowest BCUT2D eigenvalue weighted by Crippen LogP contribution is -2.48. The molecule has 0 radical (unpaired) electrons. The Kier molecular flexibility index (Phi) is 8.71. The fraction of sp³-hybridized carbons (Fsp3) is 0.593. The number of carbonyl (C=O) groups is 3. The van der Waals surface area contributed by atoms with Crippen LogP contribution in [0, 0.1) is 6.92 Å². The molecule has 1 aromatic carbocycles. The number of hydrogen-bond acceptors (Lipinski definition) is 10. The van der Waals surface area contributed by atoms with Crippen LogP contribution in [0.25, 0.3) is 20.4 Å². The number of fused-ring (bicyclic) bond motifs is 2. The number of carbonyl (C=O) groups excluding carboxylic acids is 3. The van der Waals surface area contributed by atoms with Crippen molar-refractivity contribution in [3.63, 3.8) is 0 Å². The molecule has 2 aliphatic rings. The Hall–Kier alpha value is -3.03. The number of hydrogen-bond donors (Lipinski definition) is 2. The van der Waals surface area contributed by atoms with Gasteiger partial charge in [0.05, 0.1) is 40.1 Å². The predicted molar refractivity (Wildman–Crippen MR) is 161 cm³/mol. The number of nitrogens with zero attached hydrogens (tertiary/aromatic N) is 6. The maximum Gasteiger partial charge on any atom is 0.241 e. The largest absolute Gasteiger partial charge is 0.352 e. The van der Waals surface area contributed by atoms with Crippen LogP contribution in [0.15, 0.2) is 6.07 Å². The van der Waals surface area contributed by atoms with Crippen LogP contribution in [-0.4, -0.2) is 120 Å². The first-order valence-corrected chi connectivity index (χ1v) is 15.5. The molecule has 5 rings (SSSR count). The highest BCUT2D eigenvalue weighted by molar-refractivity contribution is 7.24. The minimum Gasteiger partial charge on any atom is -0.352 e. The second-order valence-electron chi connectivity index (χ2n) is 10.8. The van der Waals surface area contributed by atoms with E-state index < -0.39 is 0 Å². The molecule has 216 valence electrons. The zero-order valence-corrected chi connectivity index (χ0v) is 25.3. The van der Waals surface area contributed by atoms with Crippen molar-refractivity contribution >= 4 is 71.1 Å². The van der Waals surface area contributed by atoms with E-state index in [1.54, 1.807) is 30.3 Å². The summed E-state index contributed by atoms with van der Waals surface area (Å²) in [6.45, 7) is 6.20. The average Bonchev–Trinajstić information content (AvgIpc) is 3.70. The smallest absolute Gasteiger partial charge is 0.241 e. The normalized spacial score (nSPS) is 16.6. The zero-order chi connectivity index (χ0) is 28.4. The van der Waals surface area contributed by atoms with Gasteiger partial charge in [-0.25, -0.2) is 9.97 Å². The van der Waals surface area contributed by atoms with Crippen LogP contribution >= 0.6 is 22.7 Å². The molecule has 3 aromatic rings. The van der Waals surface area contributed by atoms with E-state index in [1.165, 1.54) is 11.3 Å². The molecule has 0 spiro atoms. The number of piperidine rings is 1. The van der Waals surface area contributed by atoms with Crippen LogP contribution in [0.4, 0.5) is 10.3 Å². The third-order valence-electron chi connectivity index (χ3n) is 7.88. The van der Waals surface area contributed by atoms with Gasteiger partial charge in [0, 0.05) is 58.9 Å². The highest BCUT2D eigenvalue weighted by Gasteiger charge is 2.26. The Balaban J connectivity index is 1.15. The molecule has 0 saturated carbocycles. The minimum atomic E-state index is 0.0284. The second-order valence-corrected chi connectivity index (χ2v) is 12.9. The van der Waals surface area contributed by atoms with Gasteiger partial charge < -0.3 is 25.3 Å². The highest BCUT2D eigenvalue weighted by Crippen LogP contribution is 2.37. The molecular formula is C27H38N8O3S2. The van der Waals surface area contributed by atoms with E-state index in [0.717, 1.165) is 83.0 Å². The van der Waals surface area contributed by atoms with E-state index in [4.69, 9.17) is 9.97 Å². The first-order chi connectivity index (χ1) is 19.2. The molecular weight excluding hydrogens is 548 g/mol. The molecule has 3 amide bonds. The number of rotatable bonds is 9. The topological polar surface area (TPSA) is 114 Å². The molecule has 40 heavy (non-hydrogen) atoms. The number of aryl methyl sites for hydroxylation is 1. The number of amides is 3. The Morgan fingerprint density at radius 2 is 1.48 bits per heavy atom.